The molecule has 2 aromatic rings. The van der Waals surface area contributed by atoms with E-state index in [9.17, 15) is 0 Å². The fourth-order valence-electron chi connectivity index (χ4n) is 2.10. The third-order valence-electron chi connectivity index (χ3n) is 3.24. The van der Waals surface area contributed by atoms with E-state index in [1.807, 2.05) is 30.9 Å². The van der Waals surface area contributed by atoms with Crippen molar-refractivity contribution in [3.63, 3.8) is 0 Å². The van der Waals surface area contributed by atoms with E-state index in [1.54, 1.807) is 0 Å². The van der Waals surface area contributed by atoms with E-state index in [0.29, 0.717) is 6.04 Å². The number of benzene rings is 2. The van der Waals surface area contributed by atoms with E-state index in [0.717, 1.165) is 17.2 Å². The van der Waals surface area contributed by atoms with Gasteiger partial charge in [0.05, 0.1) is 0 Å². The van der Waals surface area contributed by atoms with Crippen LogP contribution in [0, 0.1) is 6.92 Å². The van der Waals surface area contributed by atoms with Crippen LogP contribution in [0.1, 0.15) is 11.1 Å². The topological polar surface area (TPSA) is 12.0 Å². The summed E-state index contributed by atoms with van der Waals surface area (Å²) in [5.74, 6) is 1.05. The number of hydrogen-bond donors (Lipinski definition) is 1. The Morgan fingerprint density at radius 1 is 1.15 bits per heavy atom. The number of nitrogens with one attached hydrogen (secondary N) is 1. The zero-order valence-corrected chi connectivity index (χ0v) is 13.5. The predicted molar refractivity (Wildman–Crippen MR) is 89.9 cm³/mol. The molecule has 3 heteroatoms. The van der Waals surface area contributed by atoms with Crippen molar-refractivity contribution >= 4 is 23.4 Å². The monoisotopic (exact) mass is 305 g/mol. The lowest BCUT2D eigenvalue weighted by molar-refractivity contribution is 0.617. The van der Waals surface area contributed by atoms with Crippen LogP contribution in [0.25, 0.3) is 0 Å². The first kappa shape index (κ1) is 15.4. The highest BCUT2D eigenvalue weighted by Crippen LogP contribution is 2.22. The Kier molecular flexibility index (Phi) is 5.96. The third kappa shape index (κ3) is 4.86. The molecule has 0 amide bonds. The van der Waals surface area contributed by atoms with Gasteiger partial charge >= 0.3 is 0 Å². The summed E-state index contributed by atoms with van der Waals surface area (Å²) in [4.78, 5) is 1.26. The molecule has 0 aliphatic rings. The van der Waals surface area contributed by atoms with Crippen LogP contribution in [0.4, 0.5) is 0 Å². The molecule has 1 unspecified atom stereocenters. The highest BCUT2D eigenvalue weighted by molar-refractivity contribution is 7.99. The van der Waals surface area contributed by atoms with Gasteiger partial charge < -0.3 is 5.32 Å². The smallest absolute Gasteiger partial charge is 0.0406 e. The highest BCUT2D eigenvalue weighted by atomic mass is 35.5. The van der Waals surface area contributed by atoms with Gasteiger partial charge in [-0.15, -0.1) is 11.8 Å². The molecule has 0 aliphatic carbocycles. The minimum absolute atomic E-state index is 0.470. The second-order valence-corrected chi connectivity index (χ2v) is 6.47. The number of halogens is 1. The Balaban J connectivity index is 1.90. The molecule has 1 nitrogen and oxygen atoms in total. The summed E-state index contributed by atoms with van der Waals surface area (Å²) in [5.41, 5.74) is 2.71. The van der Waals surface area contributed by atoms with Gasteiger partial charge in [-0.05, 0) is 50.2 Å². The number of aryl methyl sites for hydroxylation is 1. The first-order chi connectivity index (χ1) is 9.67. The second-order valence-electron chi connectivity index (χ2n) is 4.94. The maximum Gasteiger partial charge on any atom is 0.0406 e. The summed E-state index contributed by atoms with van der Waals surface area (Å²) in [5, 5.41) is 4.20. The normalized spacial score (nSPS) is 12.3. The van der Waals surface area contributed by atoms with Gasteiger partial charge in [0.25, 0.3) is 0 Å². The number of hydrogen-bond acceptors (Lipinski definition) is 2. The van der Waals surface area contributed by atoms with Crippen molar-refractivity contribution in [2.24, 2.45) is 0 Å². The zero-order chi connectivity index (χ0) is 14.4. The van der Waals surface area contributed by atoms with E-state index in [1.165, 1.54) is 16.0 Å². The summed E-state index contributed by atoms with van der Waals surface area (Å²) in [6.45, 7) is 2.14. The summed E-state index contributed by atoms with van der Waals surface area (Å²) < 4.78 is 0. The Morgan fingerprint density at radius 2 is 1.90 bits per heavy atom. The van der Waals surface area contributed by atoms with Crippen LogP contribution in [0.15, 0.2) is 53.4 Å². The van der Waals surface area contributed by atoms with Crippen molar-refractivity contribution in [2.45, 2.75) is 24.3 Å². The molecule has 0 heterocycles. The molecule has 0 bridgehead atoms. The molecule has 2 rings (SSSR count). The molecule has 0 aromatic heterocycles. The van der Waals surface area contributed by atoms with Gasteiger partial charge in [-0.3, -0.25) is 0 Å². The standard InChI is InChI=1S/C17H20ClNS/c1-13-4-3-5-14(10-13)11-16(19-2)12-20-17-8-6-15(18)7-9-17/h3-10,16,19H,11-12H2,1-2H3. The average Bonchev–Trinajstić information content (AvgIpc) is 2.45. The molecule has 2 aromatic carbocycles. The van der Waals surface area contributed by atoms with Gasteiger partial charge in [-0.2, -0.15) is 0 Å². The molecule has 0 spiro atoms. The summed E-state index contributed by atoms with van der Waals surface area (Å²) in [7, 11) is 2.03. The molecule has 1 atom stereocenters. The number of thioether (sulfide) groups is 1. The molecule has 1 N–H and O–H groups in total. The second kappa shape index (κ2) is 7.72. The van der Waals surface area contributed by atoms with Crippen molar-refractivity contribution in [2.75, 3.05) is 12.8 Å². The van der Waals surface area contributed by atoms with Gasteiger partial charge in [0.1, 0.15) is 0 Å². The largest absolute Gasteiger partial charge is 0.316 e. The average molecular weight is 306 g/mol. The van der Waals surface area contributed by atoms with Crippen molar-refractivity contribution in [1.82, 2.24) is 5.32 Å². The lowest BCUT2D eigenvalue weighted by Crippen LogP contribution is -2.30. The molecular weight excluding hydrogens is 286 g/mol. The maximum absolute atomic E-state index is 5.90. The van der Waals surface area contributed by atoms with Gasteiger partial charge in [0.2, 0.25) is 0 Å². The van der Waals surface area contributed by atoms with Gasteiger partial charge in [-0.1, -0.05) is 41.4 Å². The molecule has 0 radical (unpaired) electrons. The highest BCUT2D eigenvalue weighted by Gasteiger charge is 2.08. The van der Waals surface area contributed by atoms with Gasteiger partial charge in [0.15, 0.2) is 0 Å². The zero-order valence-electron chi connectivity index (χ0n) is 11.9. The van der Waals surface area contributed by atoms with Crippen molar-refractivity contribution in [3.8, 4) is 0 Å². The van der Waals surface area contributed by atoms with Crippen molar-refractivity contribution in [1.29, 1.82) is 0 Å². The van der Waals surface area contributed by atoms with Crippen LogP contribution in [0.3, 0.4) is 0 Å². The Bertz CT molecular complexity index is 539. The van der Waals surface area contributed by atoms with Crippen molar-refractivity contribution < 1.29 is 0 Å². The molecule has 0 fully saturated rings. The van der Waals surface area contributed by atoms with E-state index >= 15 is 0 Å². The summed E-state index contributed by atoms with van der Waals surface area (Å²) >= 11 is 7.77. The molecule has 0 saturated carbocycles. The van der Waals surface area contributed by atoms with Crippen LogP contribution < -0.4 is 5.32 Å². The predicted octanol–water partition coefficient (Wildman–Crippen LogP) is 4.57. The summed E-state index contributed by atoms with van der Waals surface area (Å²) in [6.07, 6.45) is 1.05. The van der Waals surface area contributed by atoms with Gasteiger partial charge in [-0.25, -0.2) is 0 Å². The fraction of sp³-hybridized carbons (Fsp3) is 0.294. The Hall–Kier alpha value is -0.960. The lowest BCUT2D eigenvalue weighted by Gasteiger charge is -2.16. The Morgan fingerprint density at radius 3 is 2.55 bits per heavy atom. The van der Waals surface area contributed by atoms with Crippen LogP contribution in [0.5, 0.6) is 0 Å². The lowest BCUT2D eigenvalue weighted by atomic mass is 10.1. The van der Waals surface area contributed by atoms with E-state index in [-0.39, 0.29) is 0 Å². The Labute approximate surface area is 130 Å². The minimum atomic E-state index is 0.470. The van der Waals surface area contributed by atoms with E-state index in [2.05, 4.69) is 48.6 Å². The molecule has 106 valence electrons. The van der Waals surface area contributed by atoms with Crippen molar-refractivity contribution in [3.05, 3.63) is 64.7 Å². The maximum atomic E-state index is 5.90. The van der Waals surface area contributed by atoms with Gasteiger partial charge in [0, 0.05) is 21.7 Å². The van der Waals surface area contributed by atoms with Crippen LogP contribution in [0.2, 0.25) is 5.02 Å². The first-order valence-electron chi connectivity index (χ1n) is 6.78. The minimum Gasteiger partial charge on any atom is -0.316 e. The third-order valence-corrected chi connectivity index (χ3v) is 4.66. The van der Waals surface area contributed by atoms with E-state index in [4.69, 9.17) is 11.6 Å². The quantitative estimate of drug-likeness (QED) is 0.785. The molecule has 0 aliphatic heterocycles. The number of likely N-dealkylation sites (N-methyl/N-ethyl adjacent to an activating group) is 1. The molecule has 0 saturated heterocycles. The van der Waals surface area contributed by atoms with Crippen LogP contribution >= 0.6 is 23.4 Å². The van der Waals surface area contributed by atoms with Crippen LogP contribution in [-0.4, -0.2) is 18.8 Å². The fourth-order valence-corrected chi connectivity index (χ4v) is 3.23. The first-order valence-corrected chi connectivity index (χ1v) is 8.15. The molecular formula is C17H20ClNS. The van der Waals surface area contributed by atoms with E-state index < -0.39 is 0 Å². The SMILES string of the molecule is CNC(CSc1ccc(Cl)cc1)Cc1cccc(C)c1. The summed E-state index contributed by atoms with van der Waals surface area (Å²) in [6, 6.07) is 17.2. The van der Waals surface area contributed by atoms with Crippen LogP contribution in [-0.2, 0) is 6.42 Å². The number of rotatable bonds is 6. The molecule has 20 heavy (non-hydrogen) atoms.